The van der Waals surface area contributed by atoms with Crippen molar-refractivity contribution in [3.05, 3.63) is 0 Å². The molecule has 21 heavy (non-hydrogen) atoms. The Labute approximate surface area is 125 Å². The largest absolute Gasteiger partial charge is 0.340 e. The highest BCUT2D eigenvalue weighted by molar-refractivity contribution is 7.88. The van der Waals surface area contributed by atoms with Gasteiger partial charge in [-0.2, -0.15) is 10.5 Å². The molecule has 1 amide bonds. The molecule has 0 saturated carbocycles. The summed E-state index contributed by atoms with van der Waals surface area (Å²) < 4.78 is 24.5. The van der Waals surface area contributed by atoms with Gasteiger partial charge in [0.25, 0.3) is 0 Å². The molecule has 1 fully saturated rings. The number of sulfonamides is 1. The second kappa shape index (κ2) is 7.96. The van der Waals surface area contributed by atoms with Crippen molar-refractivity contribution in [3.8, 4) is 12.1 Å². The van der Waals surface area contributed by atoms with Gasteiger partial charge in [0.1, 0.15) is 0 Å². The fourth-order valence-electron chi connectivity index (χ4n) is 2.41. The van der Waals surface area contributed by atoms with Gasteiger partial charge in [-0.1, -0.05) is 0 Å². The Hall–Kier alpha value is -1.64. The molecule has 1 aliphatic rings. The SMILES string of the molecule is CS(=O)(=O)N1CCC[C@H](C(=O)N(CCC#N)CCC#N)C1. The van der Waals surface area contributed by atoms with E-state index in [0.29, 0.717) is 19.4 Å². The molecular formula is C13H20N4O3S. The Balaban J connectivity index is 2.73. The lowest BCUT2D eigenvalue weighted by Crippen LogP contribution is -2.46. The van der Waals surface area contributed by atoms with Crippen LogP contribution in [0.25, 0.3) is 0 Å². The van der Waals surface area contributed by atoms with Crippen LogP contribution >= 0.6 is 0 Å². The number of amides is 1. The number of carbonyl (C=O) groups is 1. The van der Waals surface area contributed by atoms with Gasteiger partial charge < -0.3 is 4.90 Å². The lowest BCUT2D eigenvalue weighted by molar-refractivity contribution is -0.136. The molecule has 8 heteroatoms. The maximum absolute atomic E-state index is 12.5. The van der Waals surface area contributed by atoms with Gasteiger partial charge in [0.15, 0.2) is 0 Å². The topological polar surface area (TPSA) is 105 Å². The minimum absolute atomic E-state index is 0.158. The molecule has 1 heterocycles. The summed E-state index contributed by atoms with van der Waals surface area (Å²) in [5, 5.41) is 17.3. The van der Waals surface area contributed by atoms with Crippen molar-refractivity contribution >= 4 is 15.9 Å². The van der Waals surface area contributed by atoms with Gasteiger partial charge in [-0.15, -0.1) is 0 Å². The summed E-state index contributed by atoms with van der Waals surface area (Å²) in [4.78, 5) is 14.0. The smallest absolute Gasteiger partial charge is 0.227 e. The number of nitriles is 2. The molecule has 1 atom stereocenters. The summed E-state index contributed by atoms with van der Waals surface area (Å²) in [6.07, 6.45) is 2.84. The van der Waals surface area contributed by atoms with Crippen LogP contribution in [0.3, 0.4) is 0 Å². The average molecular weight is 312 g/mol. The van der Waals surface area contributed by atoms with E-state index in [1.807, 2.05) is 12.1 Å². The van der Waals surface area contributed by atoms with E-state index in [9.17, 15) is 13.2 Å². The first-order valence-electron chi connectivity index (χ1n) is 6.88. The number of rotatable bonds is 6. The number of hydrogen-bond acceptors (Lipinski definition) is 5. The van der Waals surface area contributed by atoms with Crippen molar-refractivity contribution < 1.29 is 13.2 Å². The molecule has 0 unspecified atom stereocenters. The highest BCUT2D eigenvalue weighted by Crippen LogP contribution is 2.21. The first-order chi connectivity index (χ1) is 9.90. The highest BCUT2D eigenvalue weighted by Gasteiger charge is 2.32. The summed E-state index contributed by atoms with van der Waals surface area (Å²) in [6, 6.07) is 3.96. The Kier molecular flexibility index (Phi) is 6.60. The van der Waals surface area contributed by atoms with Crippen LogP contribution in [0.2, 0.25) is 0 Å². The van der Waals surface area contributed by atoms with Crippen molar-refractivity contribution in [3.63, 3.8) is 0 Å². The Morgan fingerprint density at radius 1 is 1.29 bits per heavy atom. The molecule has 1 saturated heterocycles. The molecule has 7 nitrogen and oxygen atoms in total. The molecule has 1 aliphatic heterocycles. The molecule has 0 N–H and O–H groups in total. The number of hydrogen-bond donors (Lipinski definition) is 0. The van der Waals surface area contributed by atoms with Gasteiger partial charge in [0.2, 0.25) is 15.9 Å². The van der Waals surface area contributed by atoms with Crippen molar-refractivity contribution in [2.75, 3.05) is 32.4 Å². The summed E-state index contributed by atoms with van der Waals surface area (Å²) >= 11 is 0. The van der Waals surface area contributed by atoms with Crippen molar-refractivity contribution in [2.24, 2.45) is 5.92 Å². The monoisotopic (exact) mass is 312 g/mol. The molecule has 0 bridgehead atoms. The molecule has 0 aromatic rings. The minimum atomic E-state index is -3.29. The van der Waals surface area contributed by atoms with Gasteiger partial charge in [-0.3, -0.25) is 4.79 Å². The van der Waals surface area contributed by atoms with E-state index < -0.39 is 10.0 Å². The zero-order valence-electron chi connectivity index (χ0n) is 12.2. The van der Waals surface area contributed by atoms with E-state index in [1.165, 1.54) is 9.21 Å². The summed E-state index contributed by atoms with van der Waals surface area (Å²) in [7, 11) is -3.29. The normalized spacial score (nSPS) is 19.5. The third-order valence-electron chi connectivity index (χ3n) is 3.50. The highest BCUT2D eigenvalue weighted by atomic mass is 32.2. The summed E-state index contributed by atoms with van der Waals surface area (Å²) in [6.45, 7) is 1.20. The van der Waals surface area contributed by atoms with E-state index in [-0.39, 0.29) is 44.3 Å². The van der Waals surface area contributed by atoms with Crippen LogP contribution in [0.5, 0.6) is 0 Å². The van der Waals surface area contributed by atoms with Gasteiger partial charge in [-0.05, 0) is 12.8 Å². The molecule has 1 rings (SSSR count). The molecule has 0 spiro atoms. The van der Waals surface area contributed by atoms with E-state index in [1.54, 1.807) is 0 Å². The molecule has 0 aliphatic carbocycles. The zero-order chi connectivity index (χ0) is 15.9. The second-order valence-electron chi connectivity index (χ2n) is 5.10. The lowest BCUT2D eigenvalue weighted by Gasteiger charge is -2.33. The van der Waals surface area contributed by atoms with Gasteiger partial charge in [0.05, 0.1) is 37.2 Å². The third-order valence-corrected chi connectivity index (χ3v) is 4.77. The van der Waals surface area contributed by atoms with Crippen molar-refractivity contribution in [1.82, 2.24) is 9.21 Å². The fraction of sp³-hybridized carbons (Fsp3) is 0.769. The molecular weight excluding hydrogens is 292 g/mol. The second-order valence-corrected chi connectivity index (χ2v) is 7.08. The zero-order valence-corrected chi connectivity index (χ0v) is 13.0. The Bertz CT molecular complexity index is 529. The van der Waals surface area contributed by atoms with Crippen LogP contribution in [-0.2, 0) is 14.8 Å². The predicted octanol–water partition coefficient (Wildman–Crippen LogP) is 0.314. The van der Waals surface area contributed by atoms with Crippen LogP contribution in [0, 0.1) is 28.6 Å². The van der Waals surface area contributed by atoms with Crippen LogP contribution in [0.1, 0.15) is 25.7 Å². The van der Waals surface area contributed by atoms with E-state index in [2.05, 4.69) is 0 Å². The van der Waals surface area contributed by atoms with Crippen LogP contribution in [0.4, 0.5) is 0 Å². The third kappa shape index (κ3) is 5.33. The Morgan fingerprint density at radius 2 is 1.86 bits per heavy atom. The first kappa shape index (κ1) is 17.4. The van der Waals surface area contributed by atoms with Gasteiger partial charge in [-0.25, -0.2) is 12.7 Å². The lowest BCUT2D eigenvalue weighted by atomic mass is 9.98. The van der Waals surface area contributed by atoms with Gasteiger partial charge in [0, 0.05) is 26.2 Å². The Morgan fingerprint density at radius 3 is 2.33 bits per heavy atom. The number of carbonyl (C=O) groups excluding carboxylic acids is 1. The fourth-order valence-corrected chi connectivity index (χ4v) is 3.32. The molecule has 0 aromatic heterocycles. The van der Waals surface area contributed by atoms with Crippen LogP contribution in [0.15, 0.2) is 0 Å². The molecule has 0 radical (unpaired) electrons. The van der Waals surface area contributed by atoms with E-state index in [4.69, 9.17) is 10.5 Å². The molecule has 0 aromatic carbocycles. The van der Waals surface area contributed by atoms with Crippen molar-refractivity contribution in [2.45, 2.75) is 25.7 Å². The average Bonchev–Trinajstić information content (AvgIpc) is 2.46. The van der Waals surface area contributed by atoms with Crippen LogP contribution in [-0.4, -0.2) is 56.0 Å². The number of nitrogens with zero attached hydrogens (tertiary/aromatic N) is 4. The maximum Gasteiger partial charge on any atom is 0.227 e. The minimum Gasteiger partial charge on any atom is -0.340 e. The standard InChI is InChI=1S/C13H20N4O3S/c1-21(19,20)17-10-2-5-12(11-17)13(18)16(8-3-6-14)9-4-7-15/h12H,2-5,8-11H2,1H3/t12-/m0/s1. The quantitative estimate of drug-likeness (QED) is 0.702. The molecule has 116 valence electrons. The van der Waals surface area contributed by atoms with E-state index in [0.717, 1.165) is 6.26 Å². The van der Waals surface area contributed by atoms with E-state index >= 15 is 0 Å². The number of piperidine rings is 1. The first-order valence-corrected chi connectivity index (χ1v) is 8.72. The summed E-state index contributed by atoms with van der Waals surface area (Å²) in [5.41, 5.74) is 0. The predicted molar refractivity (Wildman–Crippen MR) is 76.2 cm³/mol. The maximum atomic E-state index is 12.5. The van der Waals surface area contributed by atoms with Crippen LogP contribution < -0.4 is 0 Å². The van der Waals surface area contributed by atoms with Crippen molar-refractivity contribution in [1.29, 1.82) is 10.5 Å². The van der Waals surface area contributed by atoms with Gasteiger partial charge >= 0.3 is 0 Å². The summed E-state index contributed by atoms with van der Waals surface area (Å²) in [5.74, 6) is -0.542.